The fraction of sp³-hybridized carbons (Fsp3) is 0.833. The number of carbonyl (C=O) groups excluding carboxylic acids is 1. The van der Waals surface area contributed by atoms with Crippen molar-refractivity contribution in [3.63, 3.8) is 0 Å². The van der Waals surface area contributed by atoms with E-state index in [4.69, 9.17) is 23.2 Å². The summed E-state index contributed by atoms with van der Waals surface area (Å²) in [6.07, 6.45) is 5.34. The van der Waals surface area contributed by atoms with E-state index in [1.54, 1.807) is 0 Å². The summed E-state index contributed by atoms with van der Waals surface area (Å²) in [5.41, 5.74) is 0.598. The van der Waals surface area contributed by atoms with Crippen LogP contribution in [0.2, 0.25) is 0 Å². The molecule has 0 spiro atoms. The van der Waals surface area contributed by atoms with Gasteiger partial charge in [-0.15, -0.1) is 0 Å². The van der Waals surface area contributed by atoms with Crippen molar-refractivity contribution >= 4 is 29.1 Å². The molecule has 4 atom stereocenters. The molecule has 3 rings (SSSR count). The topological polar surface area (TPSA) is 20.3 Å². The first-order chi connectivity index (χ1) is 9.95. The van der Waals surface area contributed by atoms with E-state index in [0.717, 1.165) is 19.4 Å². The molecule has 0 aromatic carbocycles. The Morgan fingerprint density at radius 2 is 1.77 bits per heavy atom. The molecule has 0 radical (unpaired) electrons. The Labute approximate surface area is 144 Å². The van der Waals surface area contributed by atoms with Crippen LogP contribution in [0.25, 0.3) is 0 Å². The number of hydrogen-bond donors (Lipinski definition) is 0. The maximum atomic E-state index is 13.1. The van der Waals surface area contributed by atoms with E-state index < -0.39 is 0 Å². The molecule has 2 bridgehead atoms. The SMILES string of the molecule is CC1(C)C[C@@H]2C[C@](C)(CN2C(=O)[C@H]2[C@@H](C=C(Cl)Cl)C2(C)C)C1. The molecule has 1 amide bonds. The molecular formula is C18H27Cl2NO. The number of allylic oxidation sites excluding steroid dienone is 1. The van der Waals surface area contributed by atoms with Gasteiger partial charge in [0, 0.05) is 12.6 Å². The molecule has 1 saturated heterocycles. The monoisotopic (exact) mass is 343 g/mol. The van der Waals surface area contributed by atoms with E-state index in [0.29, 0.717) is 17.4 Å². The van der Waals surface area contributed by atoms with Gasteiger partial charge < -0.3 is 4.90 Å². The van der Waals surface area contributed by atoms with Crippen molar-refractivity contribution in [2.45, 2.75) is 59.9 Å². The molecule has 0 aromatic rings. The lowest BCUT2D eigenvalue weighted by Gasteiger charge is -2.39. The fourth-order valence-electron chi connectivity index (χ4n) is 5.49. The lowest BCUT2D eigenvalue weighted by atomic mass is 9.65. The molecular weight excluding hydrogens is 317 g/mol. The van der Waals surface area contributed by atoms with Crippen LogP contribution in [0.5, 0.6) is 0 Å². The number of carbonyl (C=O) groups is 1. The Balaban J connectivity index is 1.79. The molecule has 4 heteroatoms. The summed E-state index contributed by atoms with van der Waals surface area (Å²) >= 11 is 11.6. The Morgan fingerprint density at radius 1 is 1.14 bits per heavy atom. The van der Waals surface area contributed by atoms with Gasteiger partial charge in [-0.1, -0.05) is 57.8 Å². The number of nitrogens with zero attached hydrogens (tertiary/aromatic N) is 1. The van der Waals surface area contributed by atoms with E-state index in [1.807, 2.05) is 6.08 Å². The largest absolute Gasteiger partial charge is 0.339 e. The molecule has 2 aliphatic carbocycles. The fourth-order valence-corrected chi connectivity index (χ4v) is 5.76. The van der Waals surface area contributed by atoms with Gasteiger partial charge in [0.15, 0.2) is 0 Å². The second kappa shape index (κ2) is 4.89. The van der Waals surface area contributed by atoms with Gasteiger partial charge in [0.1, 0.15) is 4.49 Å². The van der Waals surface area contributed by atoms with Gasteiger partial charge in [-0.3, -0.25) is 4.79 Å². The van der Waals surface area contributed by atoms with Crippen LogP contribution in [0.15, 0.2) is 10.6 Å². The van der Waals surface area contributed by atoms with E-state index >= 15 is 0 Å². The Kier molecular flexibility index (Phi) is 3.70. The van der Waals surface area contributed by atoms with Crippen molar-refractivity contribution in [2.24, 2.45) is 28.1 Å². The molecule has 22 heavy (non-hydrogen) atoms. The molecule has 0 N–H and O–H groups in total. The first kappa shape index (κ1) is 16.6. The predicted molar refractivity (Wildman–Crippen MR) is 91.8 cm³/mol. The summed E-state index contributed by atoms with van der Waals surface area (Å²) in [6.45, 7) is 12.2. The summed E-state index contributed by atoms with van der Waals surface area (Å²) < 4.78 is 0.279. The smallest absolute Gasteiger partial charge is 0.227 e. The second-order valence-corrected chi connectivity index (χ2v) is 10.5. The predicted octanol–water partition coefficient (Wildman–Crippen LogP) is 5.00. The van der Waals surface area contributed by atoms with Crippen LogP contribution in [0.4, 0.5) is 0 Å². The number of halogens is 2. The third-order valence-electron chi connectivity index (χ3n) is 6.18. The summed E-state index contributed by atoms with van der Waals surface area (Å²) in [6, 6.07) is 0.411. The molecule has 2 saturated carbocycles. The average Bonchev–Trinajstić information content (AvgIpc) is 2.70. The van der Waals surface area contributed by atoms with Gasteiger partial charge in [-0.05, 0) is 47.5 Å². The molecule has 3 aliphatic rings. The Morgan fingerprint density at radius 3 is 2.36 bits per heavy atom. The maximum Gasteiger partial charge on any atom is 0.227 e. The summed E-state index contributed by atoms with van der Waals surface area (Å²) in [5, 5.41) is 0. The van der Waals surface area contributed by atoms with Crippen molar-refractivity contribution in [1.29, 1.82) is 0 Å². The van der Waals surface area contributed by atoms with Crippen LogP contribution < -0.4 is 0 Å². The molecule has 3 fully saturated rings. The Hall–Kier alpha value is -0.210. The molecule has 124 valence electrons. The maximum absolute atomic E-state index is 13.1. The van der Waals surface area contributed by atoms with Crippen molar-refractivity contribution in [3.05, 3.63) is 10.6 Å². The van der Waals surface area contributed by atoms with Crippen LogP contribution in [0.3, 0.4) is 0 Å². The third-order valence-corrected chi connectivity index (χ3v) is 6.43. The molecule has 0 unspecified atom stereocenters. The van der Waals surface area contributed by atoms with Crippen molar-refractivity contribution in [3.8, 4) is 0 Å². The summed E-state index contributed by atoms with van der Waals surface area (Å²) in [7, 11) is 0. The lowest BCUT2D eigenvalue weighted by molar-refractivity contribution is -0.134. The van der Waals surface area contributed by atoms with Crippen LogP contribution in [-0.2, 0) is 4.79 Å². The van der Waals surface area contributed by atoms with Crippen LogP contribution in [0.1, 0.15) is 53.9 Å². The quantitative estimate of drug-likeness (QED) is 0.690. The number of amides is 1. The number of rotatable bonds is 2. The normalized spacial score (nSPS) is 41.2. The van der Waals surface area contributed by atoms with E-state index in [2.05, 4.69) is 39.5 Å². The van der Waals surface area contributed by atoms with Crippen molar-refractivity contribution < 1.29 is 4.79 Å². The molecule has 1 heterocycles. The zero-order valence-corrected chi connectivity index (χ0v) is 15.8. The minimum absolute atomic E-state index is 0.0285. The Bertz CT molecular complexity index is 535. The van der Waals surface area contributed by atoms with Gasteiger partial charge >= 0.3 is 0 Å². The highest BCUT2D eigenvalue weighted by atomic mass is 35.5. The van der Waals surface area contributed by atoms with Crippen LogP contribution in [0, 0.1) is 28.1 Å². The van der Waals surface area contributed by atoms with Crippen molar-refractivity contribution in [2.75, 3.05) is 6.54 Å². The van der Waals surface area contributed by atoms with Gasteiger partial charge in [-0.25, -0.2) is 0 Å². The minimum atomic E-state index is -0.0285. The van der Waals surface area contributed by atoms with Gasteiger partial charge in [0.25, 0.3) is 0 Å². The standard InChI is InChI=1S/C18H27Cl2NO/c1-16(2)7-11-8-18(5,9-16)10-21(11)15(22)14-12(6-13(19)20)17(14,3)4/h6,11-12,14H,7-10H2,1-5H3/t11-,12-,14-,18+/m1/s1. The number of hydrogen-bond acceptors (Lipinski definition) is 1. The summed E-state index contributed by atoms with van der Waals surface area (Å²) in [5.74, 6) is 0.518. The van der Waals surface area contributed by atoms with Crippen LogP contribution in [-0.4, -0.2) is 23.4 Å². The van der Waals surface area contributed by atoms with Gasteiger partial charge in [0.2, 0.25) is 5.91 Å². The lowest BCUT2D eigenvalue weighted by Crippen LogP contribution is -2.39. The first-order valence-corrected chi connectivity index (χ1v) is 9.04. The highest BCUT2D eigenvalue weighted by Gasteiger charge is 2.63. The molecule has 1 aliphatic heterocycles. The van der Waals surface area contributed by atoms with Gasteiger partial charge in [0.05, 0.1) is 5.92 Å². The summed E-state index contributed by atoms with van der Waals surface area (Å²) in [4.78, 5) is 15.3. The highest BCUT2D eigenvalue weighted by molar-refractivity contribution is 6.55. The average molecular weight is 344 g/mol. The zero-order valence-electron chi connectivity index (χ0n) is 14.2. The molecule has 2 nitrogen and oxygen atoms in total. The minimum Gasteiger partial charge on any atom is -0.339 e. The van der Waals surface area contributed by atoms with Crippen molar-refractivity contribution in [1.82, 2.24) is 4.90 Å². The highest BCUT2D eigenvalue weighted by Crippen LogP contribution is 2.62. The molecule has 0 aromatic heterocycles. The third kappa shape index (κ3) is 2.71. The first-order valence-electron chi connectivity index (χ1n) is 8.29. The number of fused-ring (bicyclic) bond motifs is 2. The van der Waals surface area contributed by atoms with E-state index in [1.165, 1.54) is 6.42 Å². The van der Waals surface area contributed by atoms with E-state index in [-0.39, 0.29) is 27.2 Å². The van der Waals surface area contributed by atoms with E-state index in [9.17, 15) is 4.79 Å². The van der Waals surface area contributed by atoms with Gasteiger partial charge in [-0.2, -0.15) is 0 Å². The zero-order chi connectivity index (χ0) is 16.5. The second-order valence-electron chi connectivity index (χ2n) is 9.46. The van der Waals surface area contributed by atoms with Crippen LogP contribution >= 0.6 is 23.2 Å². The number of likely N-dealkylation sites (tertiary alicyclic amines) is 1.